The number of aromatic nitrogens is 2. The van der Waals surface area contributed by atoms with Gasteiger partial charge in [0.1, 0.15) is 0 Å². The van der Waals surface area contributed by atoms with Crippen LogP contribution in [0.1, 0.15) is 28.8 Å². The molecule has 1 aliphatic carbocycles. The standard InChI is InChI=1S/C15H13F3N4O/c16-15(17,18)11-3-1-2-4-12(11)22-13(23)9-7-19-14(20-8-9)21-10-5-6-10/h1-4,7-8,10H,5-6H2,(H,22,23)(H,19,20,21). The lowest BCUT2D eigenvalue weighted by molar-refractivity contribution is -0.136. The van der Waals surface area contributed by atoms with Gasteiger partial charge < -0.3 is 10.6 Å². The molecule has 0 spiro atoms. The van der Waals surface area contributed by atoms with Crippen LogP contribution >= 0.6 is 0 Å². The van der Waals surface area contributed by atoms with Gasteiger partial charge in [0, 0.05) is 18.4 Å². The first-order chi connectivity index (χ1) is 10.9. The summed E-state index contributed by atoms with van der Waals surface area (Å²) in [6, 6.07) is 5.16. The first kappa shape index (κ1) is 15.3. The minimum absolute atomic E-state index is 0.0864. The number of amides is 1. The lowest BCUT2D eigenvalue weighted by atomic mass is 10.1. The third-order valence-electron chi connectivity index (χ3n) is 3.31. The number of hydrogen-bond donors (Lipinski definition) is 2. The van der Waals surface area contributed by atoms with E-state index in [1.807, 2.05) is 0 Å². The number of rotatable bonds is 4. The Morgan fingerprint density at radius 3 is 2.39 bits per heavy atom. The molecule has 0 atom stereocenters. The molecule has 0 radical (unpaired) electrons. The Morgan fingerprint density at radius 2 is 1.78 bits per heavy atom. The van der Waals surface area contributed by atoms with Crippen molar-refractivity contribution >= 4 is 17.5 Å². The molecule has 8 heteroatoms. The summed E-state index contributed by atoms with van der Waals surface area (Å²) in [4.78, 5) is 20.0. The van der Waals surface area contributed by atoms with Gasteiger partial charge in [-0.15, -0.1) is 0 Å². The summed E-state index contributed by atoms with van der Waals surface area (Å²) >= 11 is 0. The number of hydrogen-bond acceptors (Lipinski definition) is 4. The predicted molar refractivity (Wildman–Crippen MR) is 78.1 cm³/mol. The van der Waals surface area contributed by atoms with Gasteiger partial charge in [0.05, 0.1) is 16.8 Å². The summed E-state index contributed by atoms with van der Waals surface area (Å²) in [7, 11) is 0. The fraction of sp³-hybridized carbons (Fsp3) is 0.267. The van der Waals surface area contributed by atoms with Crippen molar-refractivity contribution in [3.63, 3.8) is 0 Å². The molecule has 1 aromatic carbocycles. The number of carbonyl (C=O) groups is 1. The molecule has 2 aromatic rings. The Bertz CT molecular complexity index is 711. The zero-order chi connectivity index (χ0) is 16.4. The summed E-state index contributed by atoms with van der Waals surface area (Å²) in [5, 5.41) is 5.30. The van der Waals surface area contributed by atoms with Gasteiger partial charge in [-0.05, 0) is 25.0 Å². The fourth-order valence-electron chi connectivity index (χ4n) is 1.96. The molecule has 1 aromatic heterocycles. The van der Waals surface area contributed by atoms with Gasteiger partial charge in [-0.1, -0.05) is 12.1 Å². The highest BCUT2D eigenvalue weighted by molar-refractivity contribution is 6.04. The van der Waals surface area contributed by atoms with E-state index in [0.29, 0.717) is 12.0 Å². The molecular formula is C15H13F3N4O. The van der Waals surface area contributed by atoms with Crippen molar-refractivity contribution in [2.24, 2.45) is 0 Å². The molecule has 1 fully saturated rings. The molecule has 1 heterocycles. The van der Waals surface area contributed by atoms with E-state index in [4.69, 9.17) is 0 Å². The van der Waals surface area contributed by atoms with Crippen molar-refractivity contribution in [3.05, 3.63) is 47.8 Å². The fourth-order valence-corrected chi connectivity index (χ4v) is 1.96. The zero-order valence-corrected chi connectivity index (χ0v) is 11.9. The molecule has 2 N–H and O–H groups in total. The quantitative estimate of drug-likeness (QED) is 0.906. The van der Waals surface area contributed by atoms with Crippen LogP contribution in [0.15, 0.2) is 36.7 Å². The van der Waals surface area contributed by atoms with E-state index in [2.05, 4.69) is 20.6 Å². The monoisotopic (exact) mass is 322 g/mol. The summed E-state index contributed by atoms with van der Waals surface area (Å²) < 4.78 is 38.7. The number of nitrogens with zero attached hydrogens (tertiary/aromatic N) is 2. The lowest BCUT2D eigenvalue weighted by Gasteiger charge is -2.13. The van der Waals surface area contributed by atoms with E-state index in [1.54, 1.807) is 0 Å². The molecule has 120 valence electrons. The van der Waals surface area contributed by atoms with Crippen LogP contribution in [-0.4, -0.2) is 21.9 Å². The Hall–Kier alpha value is -2.64. The van der Waals surface area contributed by atoms with Gasteiger partial charge in [-0.2, -0.15) is 13.2 Å². The van der Waals surface area contributed by atoms with E-state index < -0.39 is 17.6 Å². The molecule has 0 aliphatic heterocycles. The number of carbonyl (C=O) groups excluding carboxylic acids is 1. The van der Waals surface area contributed by atoms with Crippen LogP contribution in [0.5, 0.6) is 0 Å². The van der Waals surface area contributed by atoms with Crippen LogP contribution in [0.25, 0.3) is 0 Å². The van der Waals surface area contributed by atoms with Crippen molar-refractivity contribution in [1.82, 2.24) is 9.97 Å². The molecule has 23 heavy (non-hydrogen) atoms. The number of nitrogens with one attached hydrogen (secondary N) is 2. The normalized spacial score (nSPS) is 14.4. The molecule has 1 amide bonds. The highest BCUT2D eigenvalue weighted by atomic mass is 19.4. The smallest absolute Gasteiger partial charge is 0.351 e. The third kappa shape index (κ3) is 3.77. The van der Waals surface area contributed by atoms with Crippen molar-refractivity contribution in [3.8, 4) is 0 Å². The maximum absolute atomic E-state index is 12.9. The van der Waals surface area contributed by atoms with Crippen molar-refractivity contribution in [1.29, 1.82) is 0 Å². The largest absolute Gasteiger partial charge is 0.418 e. The van der Waals surface area contributed by atoms with Gasteiger partial charge in [0.15, 0.2) is 0 Å². The Kier molecular flexibility index (Phi) is 3.89. The minimum Gasteiger partial charge on any atom is -0.351 e. The number of para-hydroxylation sites is 1. The Labute approximate surface area is 130 Å². The van der Waals surface area contributed by atoms with Crippen molar-refractivity contribution in [2.45, 2.75) is 25.1 Å². The van der Waals surface area contributed by atoms with Crippen LogP contribution in [0.4, 0.5) is 24.8 Å². The second-order valence-electron chi connectivity index (χ2n) is 5.21. The molecule has 0 bridgehead atoms. The second kappa shape index (κ2) is 5.86. The van der Waals surface area contributed by atoms with Crippen LogP contribution in [0.3, 0.4) is 0 Å². The van der Waals surface area contributed by atoms with Gasteiger partial charge in [-0.25, -0.2) is 9.97 Å². The number of benzene rings is 1. The summed E-state index contributed by atoms with van der Waals surface area (Å²) in [5.41, 5.74) is -1.12. The summed E-state index contributed by atoms with van der Waals surface area (Å²) in [6.07, 6.45) is 0.130. The second-order valence-corrected chi connectivity index (χ2v) is 5.21. The van der Waals surface area contributed by atoms with Gasteiger partial charge in [0.2, 0.25) is 5.95 Å². The number of alkyl halides is 3. The molecule has 5 nitrogen and oxygen atoms in total. The molecule has 1 aliphatic rings. The van der Waals surface area contributed by atoms with Crippen molar-refractivity contribution < 1.29 is 18.0 Å². The topological polar surface area (TPSA) is 66.9 Å². The molecule has 0 unspecified atom stereocenters. The molecular weight excluding hydrogens is 309 g/mol. The summed E-state index contributed by atoms with van der Waals surface area (Å²) in [5.74, 6) is -0.292. The van der Waals surface area contributed by atoms with E-state index in [9.17, 15) is 18.0 Å². The average Bonchev–Trinajstić information content (AvgIpc) is 3.31. The number of halogens is 3. The van der Waals surface area contributed by atoms with Crippen LogP contribution in [0, 0.1) is 0 Å². The van der Waals surface area contributed by atoms with Crippen LogP contribution in [0.2, 0.25) is 0 Å². The number of anilines is 2. The minimum atomic E-state index is -4.54. The highest BCUT2D eigenvalue weighted by Gasteiger charge is 2.33. The predicted octanol–water partition coefficient (Wildman–Crippen LogP) is 3.32. The average molecular weight is 322 g/mol. The van der Waals surface area contributed by atoms with Gasteiger partial charge >= 0.3 is 6.18 Å². The maximum Gasteiger partial charge on any atom is 0.418 e. The highest BCUT2D eigenvalue weighted by Crippen LogP contribution is 2.34. The first-order valence-corrected chi connectivity index (χ1v) is 6.99. The van der Waals surface area contributed by atoms with Gasteiger partial charge in [-0.3, -0.25) is 4.79 Å². The van der Waals surface area contributed by atoms with E-state index >= 15 is 0 Å². The lowest BCUT2D eigenvalue weighted by Crippen LogP contribution is -2.17. The summed E-state index contributed by atoms with van der Waals surface area (Å²) in [6.45, 7) is 0. The molecule has 1 saturated carbocycles. The van der Waals surface area contributed by atoms with Gasteiger partial charge in [0.25, 0.3) is 5.91 Å². The third-order valence-corrected chi connectivity index (χ3v) is 3.31. The van der Waals surface area contributed by atoms with Crippen LogP contribution in [-0.2, 0) is 6.18 Å². The molecule has 0 saturated heterocycles. The SMILES string of the molecule is O=C(Nc1ccccc1C(F)(F)F)c1cnc(NC2CC2)nc1. The van der Waals surface area contributed by atoms with Crippen molar-refractivity contribution in [2.75, 3.05) is 10.6 Å². The van der Waals surface area contributed by atoms with E-state index in [-0.39, 0.29) is 11.3 Å². The van der Waals surface area contributed by atoms with Crippen LogP contribution < -0.4 is 10.6 Å². The zero-order valence-electron chi connectivity index (χ0n) is 11.9. The van der Waals surface area contributed by atoms with E-state index in [1.165, 1.54) is 30.6 Å². The first-order valence-electron chi connectivity index (χ1n) is 6.99. The Balaban J connectivity index is 1.74. The van der Waals surface area contributed by atoms with E-state index in [0.717, 1.165) is 18.9 Å². The maximum atomic E-state index is 12.9. The molecule has 3 rings (SSSR count). The Morgan fingerprint density at radius 1 is 1.13 bits per heavy atom.